The summed E-state index contributed by atoms with van der Waals surface area (Å²) in [6, 6.07) is 0.332. The van der Waals surface area contributed by atoms with Crippen LogP contribution in [0.25, 0.3) is 0 Å². The van der Waals surface area contributed by atoms with Gasteiger partial charge < -0.3 is 9.69 Å². The van der Waals surface area contributed by atoms with Crippen molar-refractivity contribution < 1.29 is 4.79 Å². The van der Waals surface area contributed by atoms with Crippen molar-refractivity contribution in [3.8, 4) is 0 Å². The number of rotatable bonds is 5. The van der Waals surface area contributed by atoms with Crippen molar-refractivity contribution in [2.24, 2.45) is 0 Å². The van der Waals surface area contributed by atoms with Gasteiger partial charge in [0.05, 0.1) is 0 Å². The van der Waals surface area contributed by atoms with Crippen molar-refractivity contribution in [3.05, 3.63) is 12.7 Å². The first-order valence-electron chi connectivity index (χ1n) is 3.86. The molecule has 0 aromatic carbocycles. The molecule has 0 aromatic rings. The van der Waals surface area contributed by atoms with Gasteiger partial charge in [-0.2, -0.15) is 0 Å². The predicted octanol–water partition coefficient (Wildman–Crippen LogP) is 1.47. The number of hydrogen-bond acceptors (Lipinski definition) is 2. The third kappa shape index (κ3) is 4.73. The molecule has 0 bridgehead atoms. The predicted molar refractivity (Wildman–Crippen MR) is 47.6 cm³/mol. The fourth-order valence-corrected chi connectivity index (χ4v) is 0.938. The Balaban J connectivity index is 3.69. The zero-order valence-corrected chi connectivity index (χ0v) is 7.63. The number of nitrogens with zero attached hydrogens (tertiary/aromatic N) is 1. The van der Waals surface area contributed by atoms with E-state index in [9.17, 15) is 4.79 Å². The highest BCUT2D eigenvalue weighted by atomic mass is 16.1. The van der Waals surface area contributed by atoms with E-state index in [4.69, 9.17) is 0 Å². The molecule has 1 atom stereocenters. The number of Topliss-reactive ketones (excluding diaryl/α,β-unsaturated/α-hetero) is 1. The Morgan fingerprint density at radius 3 is 2.45 bits per heavy atom. The van der Waals surface area contributed by atoms with Crippen molar-refractivity contribution in [1.82, 2.24) is 4.90 Å². The van der Waals surface area contributed by atoms with Crippen LogP contribution in [0.1, 0.15) is 19.8 Å². The Kier molecular flexibility index (Phi) is 4.79. The monoisotopic (exact) mass is 155 g/mol. The summed E-state index contributed by atoms with van der Waals surface area (Å²) in [5, 5.41) is 0. The van der Waals surface area contributed by atoms with Crippen LogP contribution in [0.5, 0.6) is 0 Å². The van der Waals surface area contributed by atoms with E-state index in [1.807, 2.05) is 20.2 Å². The largest absolute Gasteiger partial charge is 0.303 e. The Bertz CT molecular complexity index is 140. The lowest BCUT2D eigenvalue weighted by Crippen LogP contribution is -2.25. The maximum Gasteiger partial charge on any atom is 0.129 e. The first kappa shape index (κ1) is 10.4. The first-order chi connectivity index (χ1) is 5.07. The number of ketones is 1. The molecule has 0 aliphatic heterocycles. The van der Waals surface area contributed by atoms with Gasteiger partial charge in [-0.25, -0.2) is 0 Å². The topological polar surface area (TPSA) is 20.3 Å². The van der Waals surface area contributed by atoms with Gasteiger partial charge in [0.2, 0.25) is 0 Å². The van der Waals surface area contributed by atoms with E-state index in [2.05, 4.69) is 11.5 Å². The minimum atomic E-state index is 0.249. The molecule has 0 aromatic heterocycles. The van der Waals surface area contributed by atoms with Gasteiger partial charge in [-0.3, -0.25) is 0 Å². The van der Waals surface area contributed by atoms with Crippen LogP contribution >= 0.6 is 0 Å². The third-order valence-electron chi connectivity index (χ3n) is 1.73. The molecule has 0 radical (unpaired) electrons. The SMILES string of the molecule is C=CC(CCC(C)=O)N(C)C. The molecule has 0 heterocycles. The lowest BCUT2D eigenvalue weighted by atomic mass is 10.1. The zero-order valence-electron chi connectivity index (χ0n) is 7.63. The summed E-state index contributed by atoms with van der Waals surface area (Å²) in [7, 11) is 3.99. The summed E-state index contributed by atoms with van der Waals surface area (Å²) in [5.74, 6) is 0.249. The Labute approximate surface area is 68.9 Å². The summed E-state index contributed by atoms with van der Waals surface area (Å²) in [6.45, 7) is 5.33. The quantitative estimate of drug-likeness (QED) is 0.560. The molecule has 2 nitrogen and oxygen atoms in total. The highest BCUT2D eigenvalue weighted by Gasteiger charge is 2.06. The summed E-state index contributed by atoms with van der Waals surface area (Å²) in [6.07, 6.45) is 3.41. The third-order valence-corrected chi connectivity index (χ3v) is 1.73. The summed E-state index contributed by atoms with van der Waals surface area (Å²) < 4.78 is 0. The van der Waals surface area contributed by atoms with Gasteiger partial charge in [0.15, 0.2) is 0 Å². The molecular formula is C9H17NO. The fraction of sp³-hybridized carbons (Fsp3) is 0.667. The average Bonchev–Trinajstić information content (AvgIpc) is 1.87. The smallest absolute Gasteiger partial charge is 0.129 e. The van der Waals surface area contributed by atoms with Gasteiger partial charge in [0, 0.05) is 12.5 Å². The molecule has 0 aliphatic carbocycles. The van der Waals surface area contributed by atoms with Crippen LogP contribution in [-0.2, 0) is 4.79 Å². The molecule has 11 heavy (non-hydrogen) atoms. The molecule has 0 spiro atoms. The molecule has 64 valence electrons. The van der Waals surface area contributed by atoms with Gasteiger partial charge in [0.1, 0.15) is 5.78 Å². The molecule has 0 aliphatic rings. The number of hydrogen-bond donors (Lipinski definition) is 0. The highest BCUT2D eigenvalue weighted by molar-refractivity contribution is 5.75. The number of likely N-dealkylation sites (N-methyl/N-ethyl adjacent to an activating group) is 1. The van der Waals surface area contributed by atoms with Crippen LogP contribution in [0.4, 0.5) is 0 Å². The van der Waals surface area contributed by atoms with Crippen LogP contribution in [-0.4, -0.2) is 30.8 Å². The summed E-state index contributed by atoms with van der Waals surface area (Å²) in [5.41, 5.74) is 0. The van der Waals surface area contributed by atoms with Gasteiger partial charge in [-0.15, -0.1) is 6.58 Å². The lowest BCUT2D eigenvalue weighted by Gasteiger charge is -2.19. The lowest BCUT2D eigenvalue weighted by molar-refractivity contribution is -0.117. The minimum Gasteiger partial charge on any atom is -0.303 e. The van der Waals surface area contributed by atoms with Crippen molar-refractivity contribution in [2.75, 3.05) is 14.1 Å². The maximum absolute atomic E-state index is 10.6. The first-order valence-corrected chi connectivity index (χ1v) is 3.86. The average molecular weight is 155 g/mol. The summed E-state index contributed by atoms with van der Waals surface area (Å²) >= 11 is 0. The second kappa shape index (κ2) is 5.08. The molecule has 1 unspecified atom stereocenters. The number of carbonyl (C=O) groups excluding carboxylic acids is 1. The van der Waals surface area contributed by atoms with Gasteiger partial charge in [-0.05, 0) is 27.4 Å². The van der Waals surface area contributed by atoms with Crippen LogP contribution < -0.4 is 0 Å². The minimum absolute atomic E-state index is 0.249. The van der Waals surface area contributed by atoms with Crippen LogP contribution in [0.15, 0.2) is 12.7 Å². The van der Waals surface area contributed by atoms with Gasteiger partial charge in [-0.1, -0.05) is 6.08 Å². The Morgan fingerprint density at radius 2 is 2.18 bits per heavy atom. The van der Waals surface area contributed by atoms with Crippen molar-refractivity contribution >= 4 is 5.78 Å². The van der Waals surface area contributed by atoms with E-state index in [0.29, 0.717) is 12.5 Å². The van der Waals surface area contributed by atoms with Gasteiger partial charge in [0.25, 0.3) is 0 Å². The standard InChI is InChI=1S/C9H17NO/c1-5-9(10(3)4)7-6-8(2)11/h5,9H,1,6-7H2,2-4H3. The molecule has 0 rings (SSSR count). The summed E-state index contributed by atoms with van der Waals surface area (Å²) in [4.78, 5) is 12.7. The Hall–Kier alpha value is -0.630. The van der Waals surface area contributed by atoms with E-state index >= 15 is 0 Å². The molecule has 0 fully saturated rings. The second-order valence-electron chi connectivity index (χ2n) is 3.01. The Morgan fingerprint density at radius 1 is 1.64 bits per heavy atom. The molecular weight excluding hydrogens is 138 g/mol. The number of carbonyl (C=O) groups is 1. The molecule has 0 amide bonds. The maximum atomic E-state index is 10.6. The van der Waals surface area contributed by atoms with E-state index in [1.165, 1.54) is 0 Å². The molecule has 2 heteroatoms. The van der Waals surface area contributed by atoms with Gasteiger partial charge >= 0.3 is 0 Å². The van der Waals surface area contributed by atoms with E-state index in [0.717, 1.165) is 6.42 Å². The van der Waals surface area contributed by atoms with Crippen LogP contribution in [0, 0.1) is 0 Å². The van der Waals surface area contributed by atoms with Crippen molar-refractivity contribution in [1.29, 1.82) is 0 Å². The van der Waals surface area contributed by atoms with Crippen LogP contribution in [0.3, 0.4) is 0 Å². The highest BCUT2D eigenvalue weighted by Crippen LogP contribution is 2.04. The molecule has 0 saturated carbocycles. The second-order valence-corrected chi connectivity index (χ2v) is 3.01. The zero-order chi connectivity index (χ0) is 8.85. The van der Waals surface area contributed by atoms with Crippen molar-refractivity contribution in [3.63, 3.8) is 0 Å². The fourth-order valence-electron chi connectivity index (χ4n) is 0.938. The van der Waals surface area contributed by atoms with Crippen LogP contribution in [0.2, 0.25) is 0 Å². The molecule has 0 saturated heterocycles. The van der Waals surface area contributed by atoms with E-state index in [-0.39, 0.29) is 5.78 Å². The van der Waals surface area contributed by atoms with Crippen molar-refractivity contribution in [2.45, 2.75) is 25.8 Å². The normalized spacial score (nSPS) is 13.1. The van der Waals surface area contributed by atoms with E-state index in [1.54, 1.807) is 6.92 Å². The van der Waals surface area contributed by atoms with E-state index < -0.39 is 0 Å². The molecule has 0 N–H and O–H groups in total.